The first-order valence-corrected chi connectivity index (χ1v) is 11.7. The smallest absolute Gasteiger partial charge is 0.173 e. The zero-order valence-electron chi connectivity index (χ0n) is 17.5. The fourth-order valence-electron chi connectivity index (χ4n) is 5.75. The van der Waals surface area contributed by atoms with Crippen molar-refractivity contribution in [2.45, 2.75) is 75.9 Å². The van der Waals surface area contributed by atoms with Crippen LogP contribution in [0.25, 0.3) is 0 Å². The Morgan fingerprint density at radius 1 is 0.759 bits per heavy atom. The van der Waals surface area contributed by atoms with E-state index in [1.54, 1.807) is 0 Å². The third-order valence-electron chi connectivity index (χ3n) is 7.35. The zero-order chi connectivity index (χ0) is 19.5. The second-order valence-electron chi connectivity index (χ2n) is 9.10. The van der Waals surface area contributed by atoms with E-state index in [9.17, 15) is 0 Å². The van der Waals surface area contributed by atoms with Gasteiger partial charge in [0, 0.05) is 32.2 Å². The molecule has 0 N–H and O–H groups in total. The van der Waals surface area contributed by atoms with Crippen molar-refractivity contribution in [1.29, 1.82) is 0 Å². The lowest BCUT2D eigenvalue weighted by Gasteiger charge is -2.43. The van der Waals surface area contributed by atoms with Crippen LogP contribution < -0.4 is 0 Å². The van der Waals surface area contributed by atoms with E-state index in [1.807, 2.05) is 0 Å². The SMILES string of the molecule is c1ccc(C(c2nnnn2C2CCCC2)N2CCN(C3CCCCC3)CC2)cc1. The predicted octanol–water partition coefficient (Wildman–Crippen LogP) is 3.83. The molecule has 5 rings (SSSR count). The molecule has 1 atom stereocenters. The van der Waals surface area contributed by atoms with Crippen LogP contribution in [0.3, 0.4) is 0 Å². The van der Waals surface area contributed by atoms with Crippen molar-refractivity contribution < 1.29 is 0 Å². The van der Waals surface area contributed by atoms with Crippen molar-refractivity contribution in [1.82, 2.24) is 30.0 Å². The highest BCUT2D eigenvalue weighted by Crippen LogP contribution is 2.34. The minimum absolute atomic E-state index is 0.153. The van der Waals surface area contributed by atoms with Gasteiger partial charge in [-0.1, -0.05) is 62.4 Å². The van der Waals surface area contributed by atoms with Crippen LogP contribution in [0.4, 0.5) is 0 Å². The van der Waals surface area contributed by atoms with Gasteiger partial charge in [-0.2, -0.15) is 0 Å². The van der Waals surface area contributed by atoms with E-state index in [0.717, 1.165) is 25.0 Å². The minimum Gasteiger partial charge on any atom is -0.298 e. The fourth-order valence-corrected chi connectivity index (χ4v) is 5.75. The number of aromatic nitrogens is 4. The molecule has 2 aromatic rings. The second kappa shape index (κ2) is 8.92. The van der Waals surface area contributed by atoms with Gasteiger partial charge in [0.15, 0.2) is 5.82 Å². The molecule has 1 aromatic heterocycles. The molecule has 2 saturated carbocycles. The predicted molar refractivity (Wildman–Crippen MR) is 114 cm³/mol. The highest BCUT2D eigenvalue weighted by Gasteiger charge is 2.34. The van der Waals surface area contributed by atoms with Crippen LogP contribution in [0.15, 0.2) is 30.3 Å². The normalized spacial score (nSPS) is 24.1. The van der Waals surface area contributed by atoms with E-state index in [0.29, 0.717) is 6.04 Å². The van der Waals surface area contributed by atoms with Crippen LogP contribution in [0.5, 0.6) is 0 Å². The molecule has 1 saturated heterocycles. The van der Waals surface area contributed by atoms with Crippen LogP contribution in [0.2, 0.25) is 0 Å². The van der Waals surface area contributed by atoms with Crippen LogP contribution in [-0.2, 0) is 0 Å². The summed E-state index contributed by atoms with van der Waals surface area (Å²) in [6.07, 6.45) is 12.0. The molecule has 6 nitrogen and oxygen atoms in total. The van der Waals surface area contributed by atoms with Gasteiger partial charge in [0.1, 0.15) is 0 Å². The fraction of sp³-hybridized carbons (Fsp3) is 0.696. The van der Waals surface area contributed by atoms with Crippen molar-refractivity contribution >= 4 is 0 Å². The molecular formula is C23H34N6. The summed E-state index contributed by atoms with van der Waals surface area (Å²) in [5, 5.41) is 13.1. The molecule has 0 spiro atoms. The molecular weight excluding hydrogens is 360 g/mol. The third kappa shape index (κ3) is 4.10. The second-order valence-corrected chi connectivity index (χ2v) is 9.10. The highest BCUT2D eigenvalue weighted by atomic mass is 15.6. The van der Waals surface area contributed by atoms with Crippen LogP contribution >= 0.6 is 0 Å². The summed E-state index contributed by atoms with van der Waals surface area (Å²) in [6, 6.07) is 12.3. The zero-order valence-corrected chi connectivity index (χ0v) is 17.5. The Morgan fingerprint density at radius 2 is 1.41 bits per heavy atom. The lowest BCUT2D eigenvalue weighted by molar-refractivity contribution is 0.0615. The first-order valence-electron chi connectivity index (χ1n) is 11.7. The molecule has 156 valence electrons. The lowest BCUT2D eigenvalue weighted by atomic mass is 9.93. The highest BCUT2D eigenvalue weighted by molar-refractivity contribution is 5.25. The Kier molecular flexibility index (Phi) is 5.90. The van der Waals surface area contributed by atoms with Gasteiger partial charge in [-0.25, -0.2) is 4.68 Å². The van der Waals surface area contributed by atoms with E-state index >= 15 is 0 Å². The lowest BCUT2D eigenvalue weighted by Crippen LogP contribution is -2.52. The summed E-state index contributed by atoms with van der Waals surface area (Å²) in [6.45, 7) is 4.51. The molecule has 1 aromatic carbocycles. The summed E-state index contributed by atoms with van der Waals surface area (Å²) in [5.41, 5.74) is 1.31. The van der Waals surface area contributed by atoms with E-state index in [-0.39, 0.29) is 6.04 Å². The van der Waals surface area contributed by atoms with Crippen molar-refractivity contribution in [2.75, 3.05) is 26.2 Å². The molecule has 0 amide bonds. The summed E-state index contributed by atoms with van der Waals surface area (Å²) in [4.78, 5) is 5.36. The van der Waals surface area contributed by atoms with Crippen molar-refractivity contribution in [3.05, 3.63) is 41.7 Å². The number of hydrogen-bond acceptors (Lipinski definition) is 5. The Bertz CT molecular complexity index is 755. The topological polar surface area (TPSA) is 50.1 Å². The van der Waals surface area contributed by atoms with Crippen LogP contribution in [0.1, 0.15) is 81.3 Å². The van der Waals surface area contributed by atoms with E-state index in [2.05, 4.69) is 60.3 Å². The molecule has 3 fully saturated rings. The van der Waals surface area contributed by atoms with Gasteiger partial charge in [-0.3, -0.25) is 9.80 Å². The van der Waals surface area contributed by atoms with Crippen molar-refractivity contribution in [3.63, 3.8) is 0 Å². The molecule has 1 unspecified atom stereocenters. The molecule has 0 bridgehead atoms. The Balaban J connectivity index is 1.37. The van der Waals surface area contributed by atoms with Gasteiger partial charge < -0.3 is 0 Å². The van der Waals surface area contributed by atoms with Gasteiger partial charge in [0.05, 0.1) is 12.1 Å². The monoisotopic (exact) mass is 394 g/mol. The van der Waals surface area contributed by atoms with Gasteiger partial charge >= 0.3 is 0 Å². The average Bonchev–Trinajstić information content (AvgIpc) is 3.48. The minimum atomic E-state index is 0.153. The van der Waals surface area contributed by atoms with Gasteiger partial charge in [-0.15, -0.1) is 5.10 Å². The largest absolute Gasteiger partial charge is 0.298 e. The van der Waals surface area contributed by atoms with Gasteiger partial charge in [-0.05, 0) is 41.7 Å². The average molecular weight is 395 g/mol. The number of nitrogens with zero attached hydrogens (tertiary/aromatic N) is 6. The Hall–Kier alpha value is -1.79. The number of tetrazole rings is 1. The Morgan fingerprint density at radius 3 is 2.14 bits per heavy atom. The van der Waals surface area contributed by atoms with Crippen LogP contribution in [-0.4, -0.2) is 62.2 Å². The first kappa shape index (κ1) is 19.2. The summed E-state index contributed by atoms with van der Waals surface area (Å²) in [5.74, 6) is 1.04. The number of hydrogen-bond donors (Lipinski definition) is 0. The Labute approximate surface area is 174 Å². The summed E-state index contributed by atoms with van der Waals surface area (Å²) < 4.78 is 2.15. The third-order valence-corrected chi connectivity index (χ3v) is 7.35. The summed E-state index contributed by atoms with van der Waals surface area (Å²) >= 11 is 0. The molecule has 0 radical (unpaired) electrons. The molecule has 6 heteroatoms. The van der Waals surface area contributed by atoms with Crippen LogP contribution in [0, 0.1) is 0 Å². The number of piperazine rings is 1. The molecule has 2 heterocycles. The summed E-state index contributed by atoms with van der Waals surface area (Å²) in [7, 11) is 0. The standard InChI is InChI=1S/C23H34N6/c1-3-9-19(10-4-1)22(23-24-25-26-29(23)21-13-7-8-14-21)28-17-15-27(16-18-28)20-11-5-2-6-12-20/h1,3-4,9-10,20-22H,2,5-8,11-18H2. The molecule has 29 heavy (non-hydrogen) atoms. The van der Waals surface area contributed by atoms with Gasteiger partial charge in [0.2, 0.25) is 0 Å². The first-order chi connectivity index (χ1) is 14.4. The molecule has 2 aliphatic carbocycles. The van der Waals surface area contributed by atoms with Gasteiger partial charge in [0.25, 0.3) is 0 Å². The van der Waals surface area contributed by atoms with E-state index in [1.165, 1.54) is 76.4 Å². The van der Waals surface area contributed by atoms with Crippen molar-refractivity contribution in [2.24, 2.45) is 0 Å². The van der Waals surface area contributed by atoms with E-state index in [4.69, 9.17) is 0 Å². The quantitative estimate of drug-likeness (QED) is 0.771. The van der Waals surface area contributed by atoms with E-state index < -0.39 is 0 Å². The maximum absolute atomic E-state index is 4.57. The maximum atomic E-state index is 4.57. The number of benzene rings is 1. The molecule has 1 aliphatic heterocycles. The molecule has 3 aliphatic rings. The number of rotatable bonds is 5. The maximum Gasteiger partial charge on any atom is 0.173 e. The van der Waals surface area contributed by atoms with Crippen molar-refractivity contribution in [3.8, 4) is 0 Å².